The highest BCUT2D eigenvalue weighted by molar-refractivity contribution is 7.89. The molecule has 1 heterocycles. The van der Waals surface area contributed by atoms with Gasteiger partial charge in [0.2, 0.25) is 45.5 Å². The Morgan fingerprint density at radius 3 is 1.89 bits per heavy atom. The zero-order valence-electron chi connectivity index (χ0n) is 42.3. The predicted molar refractivity (Wildman–Crippen MR) is 268 cm³/mol. The minimum absolute atomic E-state index is 0.00477. The van der Waals surface area contributed by atoms with E-state index in [2.05, 4.69) is 33.5 Å². The summed E-state index contributed by atoms with van der Waals surface area (Å²) < 4.78 is 25.0. The van der Waals surface area contributed by atoms with Crippen molar-refractivity contribution >= 4 is 57.3 Å². The average molecular weight is 1030 g/mol. The summed E-state index contributed by atoms with van der Waals surface area (Å²) in [6.07, 6.45) is 13.7. The number of phenolic OH excluding ortho intramolecular Hbond substituents is 2. The minimum Gasteiger partial charge on any atom is -0.507 e. The van der Waals surface area contributed by atoms with E-state index >= 15 is 0 Å². The first kappa shape index (κ1) is 60.0. The second-order valence-electron chi connectivity index (χ2n) is 18.4. The molecule has 2 aromatic rings. The molecule has 22 nitrogen and oxygen atoms in total. The summed E-state index contributed by atoms with van der Waals surface area (Å²) >= 11 is 0. The third kappa shape index (κ3) is 19.0. The summed E-state index contributed by atoms with van der Waals surface area (Å²) in [5.74, 6) is -7.70. The number of rotatable bonds is 26. The van der Waals surface area contributed by atoms with E-state index in [9.17, 15) is 62.1 Å². The fraction of sp³-hybridized carbons (Fsp3) is 0.592. The van der Waals surface area contributed by atoms with E-state index in [1.165, 1.54) is 116 Å². The van der Waals surface area contributed by atoms with Crippen LogP contribution in [0.15, 0.2) is 36.4 Å². The first-order chi connectivity index (χ1) is 34.0. The minimum atomic E-state index is -3.98. The number of aromatic hydroxyl groups is 2. The van der Waals surface area contributed by atoms with E-state index in [1.807, 2.05) is 0 Å². The van der Waals surface area contributed by atoms with Gasteiger partial charge in [-0.3, -0.25) is 43.1 Å². The summed E-state index contributed by atoms with van der Waals surface area (Å²) in [5, 5.41) is 44.0. The number of aliphatic hydroxyl groups is 1. The predicted octanol–water partition coefficient (Wildman–Crippen LogP) is 1.21. The van der Waals surface area contributed by atoms with Gasteiger partial charge in [-0.15, -0.1) is 0 Å². The molecule has 6 atom stereocenters. The molecule has 8 amide bonds. The van der Waals surface area contributed by atoms with Crippen molar-refractivity contribution < 1.29 is 62.1 Å². The SMILES string of the molecule is CCCCCCCCCCCCCCCC(=O)N(C)[C@H](CO)C(=O)N[C@H](N)C(=O)NCC(=O)N(C)[C@@H]1C(=O)N[C@@H](C)C(=O)N[C@H](C(=O)N[C@H](C)C(=O)NS(C)(=O)=O)Cc2ccc(O)c(c2)-c2cc1ccc2O. The van der Waals surface area contributed by atoms with Gasteiger partial charge in [-0.1, -0.05) is 96.1 Å². The maximum Gasteiger partial charge on any atom is 0.257 e. The molecule has 0 unspecified atom stereocenters. The maximum atomic E-state index is 14.1. The molecule has 0 spiro atoms. The van der Waals surface area contributed by atoms with Crippen molar-refractivity contribution in [3.8, 4) is 22.6 Å². The van der Waals surface area contributed by atoms with E-state index in [1.54, 1.807) is 4.72 Å². The van der Waals surface area contributed by atoms with Crippen LogP contribution in [0, 0.1) is 0 Å². The fourth-order valence-electron chi connectivity index (χ4n) is 8.05. The van der Waals surface area contributed by atoms with Gasteiger partial charge >= 0.3 is 0 Å². The molecule has 23 heteroatoms. The molecule has 0 saturated heterocycles. The third-order valence-electron chi connectivity index (χ3n) is 12.4. The lowest BCUT2D eigenvalue weighted by Crippen LogP contribution is -2.59. The van der Waals surface area contributed by atoms with Gasteiger partial charge in [0, 0.05) is 38.1 Å². The Labute approximate surface area is 422 Å². The van der Waals surface area contributed by atoms with Crippen molar-refractivity contribution in [3.63, 3.8) is 0 Å². The number of unbranched alkanes of at least 4 members (excludes halogenated alkanes) is 12. The van der Waals surface area contributed by atoms with Gasteiger partial charge in [-0.2, -0.15) is 0 Å². The Morgan fingerprint density at radius 1 is 0.764 bits per heavy atom. The lowest BCUT2D eigenvalue weighted by atomic mass is 9.93. The molecule has 0 radical (unpaired) electrons. The van der Waals surface area contributed by atoms with Crippen LogP contribution in [-0.4, -0.2) is 145 Å². The number of sulfonamides is 1. The van der Waals surface area contributed by atoms with Crippen LogP contribution in [0.25, 0.3) is 11.1 Å². The zero-order valence-corrected chi connectivity index (χ0v) is 43.1. The van der Waals surface area contributed by atoms with E-state index in [0.29, 0.717) is 12.0 Å². The molecule has 3 rings (SSSR count). The van der Waals surface area contributed by atoms with E-state index in [4.69, 9.17) is 5.73 Å². The largest absolute Gasteiger partial charge is 0.507 e. The number of nitrogens with one attached hydrogen (secondary N) is 6. The highest BCUT2D eigenvalue weighted by atomic mass is 32.2. The van der Waals surface area contributed by atoms with Crippen molar-refractivity contribution in [3.05, 3.63) is 47.5 Å². The van der Waals surface area contributed by atoms with E-state index < -0.39 is 101 Å². The van der Waals surface area contributed by atoms with Crippen LogP contribution < -0.4 is 37.0 Å². The summed E-state index contributed by atoms with van der Waals surface area (Å²) in [6.45, 7) is 3.19. The van der Waals surface area contributed by atoms with Crippen LogP contribution in [0.3, 0.4) is 0 Å². The normalized spacial score (nSPS) is 17.1. The zero-order chi connectivity index (χ0) is 53.7. The first-order valence-corrected chi connectivity index (χ1v) is 26.4. The van der Waals surface area contributed by atoms with E-state index in [-0.39, 0.29) is 46.9 Å². The number of nitrogens with two attached hydrogens (primary N) is 1. The van der Waals surface area contributed by atoms with Crippen LogP contribution in [0.5, 0.6) is 11.5 Å². The standard InChI is InChI=1S/C49H75N9O13S/c1-7-8-9-10-11-12-13-14-15-16-17-18-19-20-40(62)57(4)37(29-59)47(67)55-43(50)49(69)51-28-41(63)58(5)42-33-22-24-39(61)35(27-33)34-25-32(21-23-38(34)60)26-36(54-44(64)30(2)53-48(42)68)46(66)52-31(3)45(65)56-72(6,70)71/h21-25,27,30-31,36-37,42-43,59-61H,7-20,26,28-29,50H2,1-6H3,(H,51,69)(H,52,66)(H,53,68)(H,54,64)(H,55,67)(H,56,65)/t30-,31+,36-,37+,42-,43-/m0/s1. The van der Waals surface area contributed by atoms with Gasteiger partial charge < -0.3 is 57.4 Å². The van der Waals surface area contributed by atoms with Crippen molar-refractivity contribution in [2.75, 3.05) is 33.5 Å². The highest BCUT2D eigenvalue weighted by Crippen LogP contribution is 2.38. The van der Waals surface area contributed by atoms with Gasteiger partial charge in [-0.05, 0) is 55.7 Å². The first-order valence-electron chi connectivity index (χ1n) is 24.5. The van der Waals surface area contributed by atoms with Gasteiger partial charge in [0.15, 0.2) is 6.17 Å². The highest BCUT2D eigenvalue weighted by Gasteiger charge is 2.35. The fourth-order valence-corrected chi connectivity index (χ4v) is 8.59. The second kappa shape index (κ2) is 29.3. The lowest BCUT2D eigenvalue weighted by Gasteiger charge is -2.30. The van der Waals surface area contributed by atoms with Gasteiger partial charge in [0.1, 0.15) is 41.7 Å². The number of nitrogens with zero attached hydrogens (tertiary/aromatic N) is 2. The van der Waals surface area contributed by atoms with Crippen molar-refractivity contribution in [2.45, 2.75) is 153 Å². The molecule has 1 aliphatic heterocycles. The number of amides is 8. The summed E-state index contributed by atoms with van der Waals surface area (Å²) in [5.41, 5.74) is 6.42. The van der Waals surface area contributed by atoms with Crippen LogP contribution in [0.2, 0.25) is 0 Å². The Bertz CT molecular complexity index is 2330. The number of aliphatic hydroxyl groups excluding tert-OH is 1. The number of hydrogen-bond donors (Lipinski definition) is 10. The van der Waals surface area contributed by atoms with Crippen molar-refractivity contribution in [2.24, 2.45) is 5.73 Å². The Kier molecular flexibility index (Phi) is 24.4. The molecule has 4 bridgehead atoms. The van der Waals surface area contributed by atoms with Crippen LogP contribution in [-0.2, 0) is 54.8 Å². The summed E-state index contributed by atoms with van der Waals surface area (Å²) in [7, 11) is -1.40. The molecular formula is C49H75N9O13S. The Hall–Kier alpha value is -6.33. The monoisotopic (exact) mass is 1030 g/mol. The van der Waals surface area contributed by atoms with Crippen LogP contribution >= 0.6 is 0 Å². The molecule has 0 fully saturated rings. The summed E-state index contributed by atoms with van der Waals surface area (Å²) in [6, 6.07) is 0.848. The molecule has 400 valence electrons. The molecule has 0 aliphatic carbocycles. The topological polar surface area (TPSA) is 336 Å². The van der Waals surface area contributed by atoms with Crippen LogP contribution in [0.4, 0.5) is 0 Å². The quantitative estimate of drug-likeness (QED) is 0.0468. The van der Waals surface area contributed by atoms with E-state index in [0.717, 1.165) is 41.7 Å². The van der Waals surface area contributed by atoms with Gasteiger partial charge in [0.05, 0.1) is 19.4 Å². The number of carbonyl (C=O) groups is 8. The number of fused-ring (bicyclic) bond motifs is 5. The van der Waals surface area contributed by atoms with Crippen molar-refractivity contribution in [1.82, 2.24) is 41.1 Å². The molecule has 11 N–H and O–H groups in total. The third-order valence-corrected chi connectivity index (χ3v) is 13.0. The number of hydrogen-bond acceptors (Lipinski definition) is 14. The number of phenols is 2. The molecule has 72 heavy (non-hydrogen) atoms. The number of benzene rings is 2. The van der Waals surface area contributed by atoms with Gasteiger partial charge in [-0.25, -0.2) is 8.42 Å². The van der Waals surface area contributed by atoms with Crippen LogP contribution in [0.1, 0.15) is 128 Å². The summed E-state index contributed by atoms with van der Waals surface area (Å²) in [4.78, 5) is 109. The molecular weight excluding hydrogens is 955 g/mol. The lowest BCUT2D eigenvalue weighted by molar-refractivity contribution is -0.142. The Morgan fingerprint density at radius 2 is 1.32 bits per heavy atom. The molecule has 0 saturated carbocycles. The van der Waals surface area contributed by atoms with Gasteiger partial charge in [0.25, 0.3) is 11.8 Å². The molecule has 0 aromatic heterocycles. The Balaban J connectivity index is 1.68. The molecule has 2 aromatic carbocycles. The smallest absolute Gasteiger partial charge is 0.257 e. The second-order valence-corrected chi connectivity index (χ2v) is 20.1. The average Bonchev–Trinajstić information content (AvgIpc) is 3.32. The van der Waals surface area contributed by atoms with Crippen molar-refractivity contribution in [1.29, 1.82) is 0 Å². The number of likely N-dealkylation sites (N-methyl/N-ethyl adjacent to an activating group) is 2. The molecule has 1 aliphatic rings. The maximum absolute atomic E-state index is 14.1. The number of carbonyl (C=O) groups excluding carboxylic acids is 8.